The van der Waals surface area contributed by atoms with Gasteiger partial charge in [0.2, 0.25) is 0 Å². The van der Waals surface area contributed by atoms with E-state index < -0.39 is 32.3 Å². The first-order valence-corrected chi connectivity index (χ1v) is 10.7. The van der Waals surface area contributed by atoms with E-state index in [0.717, 1.165) is 12.1 Å². The molecule has 1 aromatic heterocycles. The average Bonchev–Trinajstić information content (AvgIpc) is 2.64. The Bertz CT molecular complexity index is 970. The number of nitrogens with two attached hydrogens (primary N) is 1. The first-order valence-electron chi connectivity index (χ1n) is 8.46. The van der Waals surface area contributed by atoms with Gasteiger partial charge in [0.25, 0.3) is 0 Å². The molecule has 1 heterocycles. The molecule has 0 unspecified atom stereocenters. The summed E-state index contributed by atoms with van der Waals surface area (Å²) < 4.78 is 78.9. The molecule has 2 N–H and O–H groups in total. The van der Waals surface area contributed by atoms with Crippen molar-refractivity contribution >= 4 is 25.8 Å². The Kier molecular flexibility index (Phi) is 5.59. The second-order valence-corrected chi connectivity index (χ2v) is 10.0. The number of alkyl halides is 3. The van der Waals surface area contributed by atoms with Crippen LogP contribution in [0, 0.1) is 5.82 Å². The predicted octanol–water partition coefficient (Wildman–Crippen LogP) is 4.57. The molecule has 0 aliphatic heterocycles. The van der Waals surface area contributed by atoms with Gasteiger partial charge in [0.05, 0.1) is 4.90 Å². The van der Waals surface area contributed by atoms with Crippen LogP contribution in [0.1, 0.15) is 36.9 Å². The van der Waals surface area contributed by atoms with E-state index >= 15 is 0 Å². The second kappa shape index (κ2) is 7.38. The standard InChI is InChI=1S/C18H17BrF4N2O2S/c19-11-1-3-15(20)14(9-11)17(7-5-12(24)6-8-17)28(26,27)13-2-4-16(25-10-13)18(21,22)23/h1-4,9-10,12H,5-8,24H2. The van der Waals surface area contributed by atoms with Crippen LogP contribution in [-0.2, 0) is 20.8 Å². The van der Waals surface area contributed by atoms with Crippen LogP contribution < -0.4 is 5.73 Å². The molecule has 0 radical (unpaired) electrons. The Morgan fingerprint density at radius 3 is 2.32 bits per heavy atom. The van der Waals surface area contributed by atoms with Crippen molar-refractivity contribution in [3.05, 3.63) is 58.1 Å². The zero-order valence-electron chi connectivity index (χ0n) is 14.5. The Hall–Kier alpha value is -1.52. The van der Waals surface area contributed by atoms with Crippen molar-refractivity contribution < 1.29 is 26.0 Å². The normalized spacial score (nSPS) is 23.6. The summed E-state index contributed by atoms with van der Waals surface area (Å²) >= 11 is 3.23. The van der Waals surface area contributed by atoms with Crippen LogP contribution in [0.2, 0.25) is 0 Å². The molecule has 3 rings (SSSR count). The van der Waals surface area contributed by atoms with Gasteiger partial charge < -0.3 is 5.73 Å². The number of sulfone groups is 1. The Morgan fingerprint density at radius 1 is 1.14 bits per heavy atom. The summed E-state index contributed by atoms with van der Waals surface area (Å²) in [7, 11) is -4.25. The van der Waals surface area contributed by atoms with E-state index in [1.54, 1.807) is 0 Å². The molecule has 28 heavy (non-hydrogen) atoms. The lowest BCUT2D eigenvalue weighted by molar-refractivity contribution is -0.141. The van der Waals surface area contributed by atoms with Gasteiger partial charge in [-0.05, 0) is 56.0 Å². The van der Waals surface area contributed by atoms with Gasteiger partial charge in [-0.15, -0.1) is 0 Å². The summed E-state index contributed by atoms with van der Waals surface area (Å²) in [6, 6.07) is 5.29. The molecule has 0 saturated heterocycles. The van der Waals surface area contributed by atoms with Gasteiger partial charge in [0.15, 0.2) is 9.84 Å². The van der Waals surface area contributed by atoms with Crippen LogP contribution >= 0.6 is 15.9 Å². The third-order valence-electron chi connectivity index (χ3n) is 5.11. The van der Waals surface area contributed by atoms with Gasteiger partial charge in [0, 0.05) is 22.3 Å². The van der Waals surface area contributed by atoms with Crippen molar-refractivity contribution in [2.75, 3.05) is 0 Å². The topological polar surface area (TPSA) is 73.1 Å². The minimum atomic E-state index is -4.69. The van der Waals surface area contributed by atoms with Crippen LogP contribution in [0.25, 0.3) is 0 Å². The average molecular weight is 481 g/mol. The van der Waals surface area contributed by atoms with Crippen LogP contribution in [0.4, 0.5) is 17.6 Å². The zero-order valence-corrected chi connectivity index (χ0v) is 16.9. The van der Waals surface area contributed by atoms with Gasteiger partial charge in [-0.25, -0.2) is 12.8 Å². The minimum Gasteiger partial charge on any atom is -0.328 e. The highest BCUT2D eigenvalue weighted by Gasteiger charge is 2.50. The highest BCUT2D eigenvalue weighted by atomic mass is 79.9. The Labute approximate surface area is 168 Å². The minimum absolute atomic E-state index is 0.0197. The molecule has 0 spiro atoms. The van der Waals surface area contributed by atoms with Crippen molar-refractivity contribution in [1.82, 2.24) is 4.98 Å². The van der Waals surface area contributed by atoms with E-state index in [0.29, 0.717) is 29.6 Å². The highest BCUT2D eigenvalue weighted by Crippen LogP contribution is 2.48. The van der Waals surface area contributed by atoms with E-state index in [2.05, 4.69) is 20.9 Å². The van der Waals surface area contributed by atoms with Gasteiger partial charge in [0.1, 0.15) is 16.3 Å². The number of rotatable bonds is 3. The number of benzene rings is 1. The van der Waals surface area contributed by atoms with Crippen LogP contribution in [0.3, 0.4) is 0 Å². The van der Waals surface area contributed by atoms with Gasteiger partial charge >= 0.3 is 6.18 Å². The van der Waals surface area contributed by atoms with Crippen molar-refractivity contribution in [3.8, 4) is 0 Å². The van der Waals surface area contributed by atoms with Crippen molar-refractivity contribution in [2.24, 2.45) is 5.73 Å². The predicted molar refractivity (Wildman–Crippen MR) is 98.6 cm³/mol. The summed E-state index contributed by atoms with van der Waals surface area (Å²) in [5.74, 6) is -0.692. The number of pyridine rings is 1. The van der Waals surface area contributed by atoms with Crippen LogP contribution in [-0.4, -0.2) is 19.4 Å². The molecule has 1 aromatic carbocycles. The van der Waals surface area contributed by atoms with Gasteiger partial charge in [-0.1, -0.05) is 15.9 Å². The van der Waals surface area contributed by atoms with Gasteiger partial charge in [-0.2, -0.15) is 13.2 Å². The summed E-state index contributed by atoms with van der Waals surface area (Å²) in [5, 5.41) is 0. The van der Waals surface area contributed by atoms with Crippen molar-refractivity contribution in [1.29, 1.82) is 0 Å². The molecule has 1 aliphatic rings. The van der Waals surface area contributed by atoms with E-state index in [9.17, 15) is 26.0 Å². The summed E-state index contributed by atoms with van der Waals surface area (Å²) in [6.45, 7) is 0. The molecule has 10 heteroatoms. The third kappa shape index (κ3) is 3.69. The molecule has 2 aromatic rings. The largest absolute Gasteiger partial charge is 0.433 e. The fraction of sp³-hybridized carbons (Fsp3) is 0.389. The maximum Gasteiger partial charge on any atom is 0.433 e. The summed E-state index contributed by atoms with van der Waals surface area (Å²) in [4.78, 5) is 2.88. The molecule has 1 fully saturated rings. The Balaban J connectivity index is 2.16. The Morgan fingerprint density at radius 2 is 1.79 bits per heavy atom. The molecular weight excluding hydrogens is 464 g/mol. The fourth-order valence-corrected chi connectivity index (χ4v) is 6.04. The maximum atomic E-state index is 14.7. The van der Waals surface area contributed by atoms with E-state index in [4.69, 9.17) is 5.73 Å². The lowest BCUT2D eigenvalue weighted by atomic mass is 9.81. The monoisotopic (exact) mass is 480 g/mol. The first-order chi connectivity index (χ1) is 13.0. The number of hydrogen-bond acceptors (Lipinski definition) is 4. The SMILES string of the molecule is NC1CCC(c2cc(Br)ccc2F)(S(=O)(=O)c2ccc(C(F)(F)F)nc2)CC1. The van der Waals surface area contributed by atoms with Gasteiger partial charge in [-0.3, -0.25) is 4.98 Å². The molecule has 1 aliphatic carbocycles. The lowest BCUT2D eigenvalue weighted by Crippen LogP contribution is -2.43. The first kappa shape index (κ1) is 21.2. The third-order valence-corrected chi connectivity index (χ3v) is 8.12. The molecule has 0 atom stereocenters. The van der Waals surface area contributed by atoms with Crippen molar-refractivity contribution in [2.45, 2.75) is 47.5 Å². The summed E-state index contributed by atoms with van der Waals surface area (Å²) in [5.41, 5.74) is 4.70. The van der Waals surface area contributed by atoms with Crippen LogP contribution in [0.5, 0.6) is 0 Å². The van der Waals surface area contributed by atoms with E-state index in [-0.39, 0.29) is 29.3 Å². The second-order valence-electron chi connectivity index (χ2n) is 6.84. The molecular formula is C18H17BrF4N2O2S. The molecule has 0 amide bonds. The number of hydrogen-bond donors (Lipinski definition) is 1. The quantitative estimate of drug-likeness (QED) is 0.652. The molecule has 152 valence electrons. The maximum absolute atomic E-state index is 14.7. The highest BCUT2D eigenvalue weighted by molar-refractivity contribution is 9.10. The summed E-state index contributed by atoms with van der Waals surface area (Å²) in [6.07, 6.45) is -3.19. The fourth-order valence-electron chi connectivity index (χ4n) is 3.57. The van der Waals surface area contributed by atoms with E-state index in [1.807, 2.05) is 0 Å². The molecule has 0 bridgehead atoms. The number of nitrogens with zero attached hydrogens (tertiary/aromatic N) is 1. The zero-order chi connectivity index (χ0) is 20.7. The van der Waals surface area contributed by atoms with Crippen LogP contribution in [0.15, 0.2) is 45.9 Å². The number of halogens is 5. The smallest absolute Gasteiger partial charge is 0.328 e. The lowest BCUT2D eigenvalue weighted by Gasteiger charge is -2.39. The van der Waals surface area contributed by atoms with Crippen molar-refractivity contribution in [3.63, 3.8) is 0 Å². The number of aromatic nitrogens is 1. The molecule has 4 nitrogen and oxygen atoms in total. The van der Waals surface area contributed by atoms with E-state index in [1.165, 1.54) is 12.1 Å². The molecule has 1 saturated carbocycles.